The van der Waals surface area contributed by atoms with Crippen molar-refractivity contribution < 1.29 is 24.7 Å². The first kappa shape index (κ1) is 16.1. The molecule has 0 saturated heterocycles. The second kappa shape index (κ2) is 7.61. The molecule has 0 saturated carbocycles. The van der Waals surface area contributed by atoms with E-state index in [2.05, 4.69) is 4.98 Å². The predicted octanol–water partition coefficient (Wildman–Crippen LogP) is -0.631. The second-order valence-electron chi connectivity index (χ2n) is 4.38. The number of carbonyl (C=O) groups is 2. The zero-order chi connectivity index (χ0) is 15.1. The van der Waals surface area contributed by atoms with E-state index in [-0.39, 0.29) is 24.2 Å². The number of unbranched alkanes of at least 4 members (excludes halogenated alkanes) is 1. The molecule has 108 valence electrons. The van der Waals surface area contributed by atoms with E-state index in [0.29, 0.717) is 18.7 Å². The molecule has 0 aliphatic heterocycles. The lowest BCUT2D eigenvalue weighted by atomic mass is 9.82. The lowest BCUT2D eigenvalue weighted by Gasteiger charge is -2.16. The number of carboxylic acid groups (broad SMARTS) is 1. The van der Waals surface area contributed by atoms with Crippen LogP contribution in [0, 0.1) is 0 Å². The van der Waals surface area contributed by atoms with Gasteiger partial charge in [0.15, 0.2) is 0 Å². The van der Waals surface area contributed by atoms with Crippen LogP contribution in [0.4, 0.5) is 5.82 Å². The minimum absolute atomic E-state index is 0.0539. The molecule has 0 bridgehead atoms. The third-order valence-corrected chi connectivity index (χ3v) is 2.82. The minimum Gasteiger partial charge on any atom is -0.481 e. The van der Waals surface area contributed by atoms with E-state index in [1.807, 2.05) is 0 Å². The number of nitrogens with zero attached hydrogens (tertiary/aromatic N) is 2. The first-order chi connectivity index (χ1) is 9.41. The van der Waals surface area contributed by atoms with Crippen LogP contribution in [0.3, 0.4) is 0 Å². The molecule has 1 aromatic heterocycles. The maximum absolute atomic E-state index is 11.8. The zero-order valence-corrected chi connectivity index (χ0v) is 11.2. The highest BCUT2D eigenvalue weighted by atomic mass is 16.4. The number of hydrogen-bond donors (Lipinski definition) is 3. The predicted molar refractivity (Wildman–Crippen MR) is 73.6 cm³/mol. The first-order valence-corrected chi connectivity index (χ1v) is 6.22. The quantitative estimate of drug-likeness (QED) is 0.453. The largest absolute Gasteiger partial charge is 0.490 e. The summed E-state index contributed by atoms with van der Waals surface area (Å²) in [6, 6.07) is 2.99. The highest BCUT2D eigenvalue weighted by Gasteiger charge is 2.15. The summed E-state index contributed by atoms with van der Waals surface area (Å²) < 4.78 is 0. The van der Waals surface area contributed by atoms with Crippen LogP contribution in [0.15, 0.2) is 18.3 Å². The van der Waals surface area contributed by atoms with E-state index in [1.54, 1.807) is 7.05 Å². The van der Waals surface area contributed by atoms with Gasteiger partial charge in [-0.05, 0) is 18.9 Å². The molecule has 8 heteroatoms. The molecule has 0 aliphatic rings. The Kier molecular flexibility index (Phi) is 6.14. The van der Waals surface area contributed by atoms with Crippen molar-refractivity contribution in [2.24, 2.45) is 0 Å². The summed E-state index contributed by atoms with van der Waals surface area (Å²) in [5.74, 6) is -0.636. The van der Waals surface area contributed by atoms with E-state index in [9.17, 15) is 9.59 Å². The molecule has 0 atom stereocenters. The lowest BCUT2D eigenvalue weighted by molar-refractivity contribution is -0.137. The first-order valence-electron chi connectivity index (χ1n) is 6.22. The number of anilines is 1. The summed E-state index contributed by atoms with van der Waals surface area (Å²) in [6.07, 6.45) is 2.54. The standard InChI is InChI=1S/C12H17BN2O5/c1-15(11(16)4-2-3-5-12(17)18)10-7-6-9(8-14-10)13(19)20/h6-8,19-20H,2-5H2,1H3,(H,17,18). The van der Waals surface area contributed by atoms with Gasteiger partial charge in [0.05, 0.1) is 0 Å². The van der Waals surface area contributed by atoms with E-state index in [1.165, 1.54) is 23.2 Å². The Morgan fingerprint density at radius 3 is 2.40 bits per heavy atom. The smallest absolute Gasteiger partial charge is 0.481 e. The summed E-state index contributed by atoms with van der Waals surface area (Å²) in [7, 11) is -0.0229. The van der Waals surface area contributed by atoms with Crippen molar-refractivity contribution in [1.82, 2.24) is 4.98 Å². The van der Waals surface area contributed by atoms with Crippen molar-refractivity contribution in [3.8, 4) is 0 Å². The van der Waals surface area contributed by atoms with Gasteiger partial charge in [-0.15, -0.1) is 0 Å². The topological polar surface area (TPSA) is 111 Å². The molecular formula is C12H17BN2O5. The Hall–Kier alpha value is -1.93. The molecule has 0 fully saturated rings. The molecule has 3 N–H and O–H groups in total. The number of pyridine rings is 1. The Morgan fingerprint density at radius 1 is 1.25 bits per heavy atom. The van der Waals surface area contributed by atoms with E-state index >= 15 is 0 Å². The van der Waals surface area contributed by atoms with Crippen LogP contribution in [-0.2, 0) is 9.59 Å². The SMILES string of the molecule is CN(C(=O)CCCCC(=O)O)c1ccc(B(O)O)cn1. The van der Waals surface area contributed by atoms with Crippen LogP contribution >= 0.6 is 0 Å². The second-order valence-corrected chi connectivity index (χ2v) is 4.38. The number of carbonyl (C=O) groups excluding carboxylic acids is 1. The maximum Gasteiger partial charge on any atom is 0.490 e. The Balaban J connectivity index is 2.49. The number of carboxylic acids is 1. The molecule has 0 spiro atoms. The fourth-order valence-electron chi connectivity index (χ4n) is 1.60. The lowest BCUT2D eigenvalue weighted by Crippen LogP contribution is -2.32. The van der Waals surface area contributed by atoms with Gasteiger partial charge >= 0.3 is 13.1 Å². The van der Waals surface area contributed by atoms with Crippen molar-refractivity contribution in [2.45, 2.75) is 25.7 Å². The van der Waals surface area contributed by atoms with Crippen molar-refractivity contribution >= 4 is 30.3 Å². The van der Waals surface area contributed by atoms with Gasteiger partial charge < -0.3 is 15.2 Å². The van der Waals surface area contributed by atoms with Crippen LogP contribution in [0.1, 0.15) is 25.7 Å². The van der Waals surface area contributed by atoms with Crippen LogP contribution < -0.4 is 10.4 Å². The number of amides is 1. The van der Waals surface area contributed by atoms with Crippen molar-refractivity contribution in [3.05, 3.63) is 18.3 Å². The summed E-state index contributed by atoms with van der Waals surface area (Å²) >= 11 is 0. The number of aliphatic carboxylic acids is 1. The Morgan fingerprint density at radius 2 is 1.90 bits per heavy atom. The molecular weight excluding hydrogens is 263 g/mol. The van der Waals surface area contributed by atoms with Gasteiger partial charge in [0, 0.05) is 31.5 Å². The summed E-state index contributed by atoms with van der Waals surface area (Å²) in [5.41, 5.74) is 0.246. The Bertz CT molecular complexity index is 463. The molecule has 0 unspecified atom stereocenters. The van der Waals surface area contributed by atoms with Crippen LogP contribution in [0.5, 0.6) is 0 Å². The molecule has 1 heterocycles. The maximum atomic E-state index is 11.8. The molecule has 0 radical (unpaired) electrons. The van der Waals surface area contributed by atoms with Crippen molar-refractivity contribution in [3.63, 3.8) is 0 Å². The molecule has 0 aromatic carbocycles. The van der Waals surface area contributed by atoms with E-state index in [4.69, 9.17) is 15.2 Å². The summed E-state index contributed by atoms with van der Waals surface area (Å²) in [5, 5.41) is 26.4. The van der Waals surface area contributed by atoms with Crippen LogP contribution in [0.25, 0.3) is 0 Å². The van der Waals surface area contributed by atoms with E-state index in [0.717, 1.165) is 0 Å². The number of aromatic nitrogens is 1. The molecule has 1 aromatic rings. The normalized spacial score (nSPS) is 10.2. The summed E-state index contributed by atoms with van der Waals surface area (Å²) in [4.78, 5) is 27.5. The van der Waals surface area contributed by atoms with Gasteiger partial charge in [0.1, 0.15) is 5.82 Å². The van der Waals surface area contributed by atoms with Gasteiger partial charge in [0.25, 0.3) is 0 Å². The van der Waals surface area contributed by atoms with Gasteiger partial charge in [-0.2, -0.15) is 0 Å². The third kappa shape index (κ3) is 4.98. The highest BCUT2D eigenvalue weighted by molar-refractivity contribution is 6.58. The number of hydrogen-bond acceptors (Lipinski definition) is 5. The Labute approximate surface area is 117 Å². The molecule has 1 amide bonds. The average molecular weight is 280 g/mol. The zero-order valence-electron chi connectivity index (χ0n) is 11.2. The van der Waals surface area contributed by atoms with Gasteiger partial charge in [0.2, 0.25) is 5.91 Å². The van der Waals surface area contributed by atoms with Gasteiger partial charge in [-0.1, -0.05) is 6.07 Å². The van der Waals surface area contributed by atoms with Crippen molar-refractivity contribution in [2.75, 3.05) is 11.9 Å². The summed E-state index contributed by atoms with van der Waals surface area (Å²) in [6.45, 7) is 0. The fourth-order valence-corrected chi connectivity index (χ4v) is 1.60. The third-order valence-electron chi connectivity index (χ3n) is 2.82. The van der Waals surface area contributed by atoms with Crippen molar-refractivity contribution in [1.29, 1.82) is 0 Å². The molecule has 0 aliphatic carbocycles. The average Bonchev–Trinajstić information content (AvgIpc) is 2.42. The van der Waals surface area contributed by atoms with Gasteiger partial charge in [-0.25, -0.2) is 4.98 Å². The molecule has 1 rings (SSSR count). The fraction of sp³-hybridized carbons (Fsp3) is 0.417. The molecule has 20 heavy (non-hydrogen) atoms. The van der Waals surface area contributed by atoms with Crippen LogP contribution in [-0.4, -0.2) is 46.2 Å². The van der Waals surface area contributed by atoms with Crippen LogP contribution in [0.2, 0.25) is 0 Å². The highest BCUT2D eigenvalue weighted by Crippen LogP contribution is 2.10. The number of rotatable bonds is 7. The minimum atomic E-state index is -1.59. The monoisotopic (exact) mass is 280 g/mol. The molecule has 7 nitrogen and oxygen atoms in total. The van der Waals surface area contributed by atoms with Gasteiger partial charge in [-0.3, -0.25) is 14.5 Å². The van der Waals surface area contributed by atoms with E-state index < -0.39 is 13.1 Å².